The lowest BCUT2D eigenvalue weighted by atomic mass is 9.43. The van der Waals surface area contributed by atoms with Gasteiger partial charge in [-0.3, -0.25) is 0 Å². The Bertz CT molecular complexity index is 1050. The molecule has 0 aliphatic heterocycles. The normalized spacial score (nSPS) is 44.4. The van der Waals surface area contributed by atoms with E-state index in [4.69, 9.17) is 9.47 Å². The lowest BCUT2D eigenvalue weighted by Gasteiger charge is -2.63. The van der Waals surface area contributed by atoms with Crippen molar-refractivity contribution in [1.29, 1.82) is 0 Å². The first-order chi connectivity index (χ1) is 18.7. The van der Waals surface area contributed by atoms with E-state index >= 15 is 0 Å². The van der Waals surface area contributed by atoms with Crippen LogP contribution in [0.15, 0.2) is 23.3 Å². The van der Waals surface area contributed by atoms with Gasteiger partial charge in [-0.25, -0.2) is 9.59 Å². The lowest BCUT2D eigenvalue weighted by molar-refractivity contribution is -0.195. The Hall–Kier alpha value is -1.74. The highest BCUT2D eigenvalue weighted by molar-refractivity contribution is 5.96. The third-order valence-corrected chi connectivity index (χ3v) is 12.2. The summed E-state index contributed by atoms with van der Waals surface area (Å²) in [6.07, 6.45) is 4.92. The Labute approximate surface area is 238 Å². The van der Waals surface area contributed by atoms with Gasteiger partial charge < -0.3 is 29.9 Å². The van der Waals surface area contributed by atoms with Crippen molar-refractivity contribution in [2.45, 2.75) is 104 Å². The van der Waals surface area contributed by atoms with Crippen LogP contribution >= 0.6 is 0 Å². The van der Waals surface area contributed by atoms with Crippen molar-refractivity contribution in [3.63, 3.8) is 0 Å². The van der Waals surface area contributed by atoms with Crippen LogP contribution in [0.2, 0.25) is 0 Å². The third-order valence-electron chi connectivity index (χ3n) is 12.2. The van der Waals surface area contributed by atoms with E-state index in [2.05, 4.69) is 33.8 Å². The van der Waals surface area contributed by atoms with Crippen LogP contribution in [-0.4, -0.2) is 71.0 Å². The van der Waals surface area contributed by atoms with Gasteiger partial charge in [-0.1, -0.05) is 46.3 Å². The highest BCUT2D eigenvalue weighted by Crippen LogP contribution is 2.72. The van der Waals surface area contributed by atoms with Crippen LogP contribution in [0.4, 0.5) is 0 Å². The van der Waals surface area contributed by atoms with Crippen molar-refractivity contribution in [2.24, 2.45) is 45.8 Å². The molecule has 0 bridgehead atoms. The summed E-state index contributed by atoms with van der Waals surface area (Å²) in [5, 5.41) is 43.3. The van der Waals surface area contributed by atoms with Crippen LogP contribution in [0.25, 0.3) is 0 Å². The number of fused-ring (bicyclic) bond motifs is 5. The van der Waals surface area contributed by atoms with Crippen molar-refractivity contribution < 1.29 is 39.5 Å². The molecule has 40 heavy (non-hydrogen) atoms. The molecule has 4 aliphatic rings. The van der Waals surface area contributed by atoms with Gasteiger partial charge in [0.15, 0.2) is 0 Å². The number of aliphatic hydroxyl groups excluding tert-OH is 4. The summed E-state index contributed by atoms with van der Waals surface area (Å²) in [6.45, 7) is 11.1. The molecule has 0 saturated heterocycles. The summed E-state index contributed by atoms with van der Waals surface area (Å²) in [5.74, 6) is -0.765. The monoisotopic (exact) mass is 562 g/mol. The fraction of sp³-hybridized carbons (Fsp3) is 0.812. The fourth-order valence-corrected chi connectivity index (χ4v) is 9.61. The highest BCUT2D eigenvalue weighted by Gasteiger charge is 2.66. The van der Waals surface area contributed by atoms with E-state index in [1.165, 1.54) is 25.9 Å². The molecule has 0 aromatic heterocycles. The predicted molar refractivity (Wildman–Crippen MR) is 150 cm³/mol. The maximum Gasteiger partial charge on any atom is 0.334 e. The summed E-state index contributed by atoms with van der Waals surface area (Å²) in [7, 11) is 2.60. The summed E-state index contributed by atoms with van der Waals surface area (Å²) in [4.78, 5) is 24.2. The first-order valence-electron chi connectivity index (χ1n) is 15.0. The Morgan fingerprint density at radius 2 is 1.68 bits per heavy atom. The molecule has 0 amide bonds. The molecule has 8 nitrogen and oxygen atoms in total. The van der Waals surface area contributed by atoms with Gasteiger partial charge >= 0.3 is 11.9 Å². The second-order valence-corrected chi connectivity index (χ2v) is 14.0. The maximum atomic E-state index is 12.4. The van der Waals surface area contributed by atoms with E-state index in [0.29, 0.717) is 30.3 Å². The zero-order chi connectivity index (χ0) is 29.8. The van der Waals surface area contributed by atoms with Crippen molar-refractivity contribution in [1.82, 2.24) is 0 Å². The molecule has 3 saturated carbocycles. The number of carbonyl (C=O) groups excluding carboxylic acids is 2. The zero-order valence-corrected chi connectivity index (χ0v) is 25.2. The highest BCUT2D eigenvalue weighted by atomic mass is 16.5. The molecule has 12 unspecified atom stereocenters. The number of methoxy groups -OCH3 is 2. The predicted octanol–water partition coefficient (Wildman–Crippen LogP) is 3.55. The zero-order valence-electron chi connectivity index (χ0n) is 25.2. The smallest absolute Gasteiger partial charge is 0.334 e. The van der Waals surface area contributed by atoms with Crippen molar-refractivity contribution in [3.8, 4) is 0 Å². The number of hydrogen-bond donors (Lipinski definition) is 4. The van der Waals surface area contributed by atoms with Gasteiger partial charge in [0.25, 0.3) is 0 Å². The van der Waals surface area contributed by atoms with Gasteiger partial charge in [-0.2, -0.15) is 0 Å². The van der Waals surface area contributed by atoms with Gasteiger partial charge in [0.1, 0.15) is 6.10 Å². The van der Waals surface area contributed by atoms with Crippen LogP contribution in [0.3, 0.4) is 0 Å². The number of allylic oxidation sites excluding steroid dienone is 2. The number of carbonyl (C=O) groups is 2. The lowest BCUT2D eigenvalue weighted by Crippen LogP contribution is -2.64. The molecule has 0 heterocycles. The fourth-order valence-electron chi connectivity index (χ4n) is 9.61. The van der Waals surface area contributed by atoms with Crippen LogP contribution < -0.4 is 0 Å². The summed E-state index contributed by atoms with van der Waals surface area (Å²) >= 11 is 0. The van der Waals surface area contributed by atoms with E-state index in [1.54, 1.807) is 0 Å². The Morgan fingerprint density at radius 1 is 1.00 bits per heavy atom. The van der Waals surface area contributed by atoms with Gasteiger partial charge in [-0.05, 0) is 84.9 Å². The van der Waals surface area contributed by atoms with Crippen LogP contribution in [-0.2, 0) is 19.1 Å². The van der Waals surface area contributed by atoms with E-state index in [9.17, 15) is 30.0 Å². The summed E-state index contributed by atoms with van der Waals surface area (Å²) < 4.78 is 9.66. The minimum absolute atomic E-state index is 0.00514. The van der Waals surface area contributed by atoms with E-state index in [1.807, 2.05) is 6.92 Å². The minimum Gasteiger partial charge on any atom is -0.466 e. The van der Waals surface area contributed by atoms with Crippen LogP contribution in [0, 0.1) is 45.8 Å². The molecular formula is C32H50O8. The molecule has 0 aromatic rings. The number of esters is 2. The molecule has 3 fully saturated rings. The number of ether oxygens (including phenoxy) is 2. The Kier molecular flexibility index (Phi) is 8.70. The van der Waals surface area contributed by atoms with Crippen molar-refractivity contribution >= 4 is 11.9 Å². The molecule has 4 rings (SSSR count). The second-order valence-electron chi connectivity index (χ2n) is 14.0. The molecule has 0 spiro atoms. The Morgan fingerprint density at radius 3 is 2.30 bits per heavy atom. The first kappa shape index (κ1) is 31.2. The molecule has 4 N–H and O–H groups in total. The SMILES string of the molecule is COC(=O)C=C(C(=O)OC)C(C)CCC(C)C1CCC2(C)C3CC(O)C4C(O)C(O)C(O)CC4(C)C3=CCC12C. The number of rotatable bonds is 7. The van der Waals surface area contributed by atoms with Gasteiger partial charge in [-0.15, -0.1) is 0 Å². The van der Waals surface area contributed by atoms with Gasteiger partial charge in [0, 0.05) is 17.6 Å². The molecule has 226 valence electrons. The van der Waals surface area contributed by atoms with E-state index < -0.39 is 47.7 Å². The largest absolute Gasteiger partial charge is 0.466 e. The van der Waals surface area contributed by atoms with E-state index in [-0.39, 0.29) is 22.7 Å². The van der Waals surface area contributed by atoms with Crippen molar-refractivity contribution in [3.05, 3.63) is 23.3 Å². The standard InChI is InChI=1S/C32H50O8/c1-17(19(29(38)40-7)14-25(35)39-6)8-9-18(2)20-10-12-32(5)22-15-23(33)26-28(37)27(36)24(34)16-30(26,3)21(22)11-13-31(20,32)4/h11,14,17-18,20,22-24,26-28,33-34,36-37H,8-10,12-13,15-16H2,1-7H3. The average Bonchev–Trinajstić information content (AvgIpc) is 3.19. The number of aliphatic hydroxyl groups is 4. The second kappa shape index (κ2) is 11.2. The molecule has 0 radical (unpaired) electrons. The number of hydrogen-bond acceptors (Lipinski definition) is 8. The third kappa shape index (κ3) is 4.77. The van der Waals surface area contributed by atoms with Gasteiger partial charge in [0.2, 0.25) is 0 Å². The minimum atomic E-state index is -1.24. The molecule has 0 aromatic carbocycles. The van der Waals surface area contributed by atoms with Crippen molar-refractivity contribution in [2.75, 3.05) is 14.2 Å². The molecule has 12 atom stereocenters. The molecular weight excluding hydrogens is 512 g/mol. The van der Waals surface area contributed by atoms with Crippen LogP contribution in [0.1, 0.15) is 79.6 Å². The molecule has 8 heteroatoms. The Balaban J connectivity index is 1.56. The first-order valence-corrected chi connectivity index (χ1v) is 15.0. The molecule has 4 aliphatic carbocycles. The topological polar surface area (TPSA) is 134 Å². The van der Waals surface area contributed by atoms with E-state index in [0.717, 1.165) is 32.1 Å². The van der Waals surface area contributed by atoms with Gasteiger partial charge in [0.05, 0.1) is 32.5 Å². The average molecular weight is 563 g/mol. The van der Waals surface area contributed by atoms with Crippen LogP contribution in [0.5, 0.6) is 0 Å². The summed E-state index contributed by atoms with van der Waals surface area (Å²) in [5.41, 5.74) is 0.955. The quantitative estimate of drug-likeness (QED) is 0.210. The maximum absolute atomic E-state index is 12.4. The summed E-state index contributed by atoms with van der Waals surface area (Å²) in [6, 6.07) is 0.